The Balaban J connectivity index is 0.000000325. The summed E-state index contributed by atoms with van der Waals surface area (Å²) in [6.45, 7) is 4.11. The second-order valence-corrected chi connectivity index (χ2v) is 3.26. The molecule has 96 valence electrons. The molecule has 0 aliphatic carbocycles. The van der Waals surface area contributed by atoms with E-state index in [1.54, 1.807) is 13.8 Å². The Labute approximate surface area is 101 Å². The number of rotatable bonds is 5. The van der Waals surface area contributed by atoms with E-state index in [1.807, 2.05) is 30.3 Å². The summed E-state index contributed by atoms with van der Waals surface area (Å²) in [5, 5.41) is 17.2. The van der Waals surface area contributed by atoms with E-state index in [1.165, 1.54) is 0 Å². The summed E-state index contributed by atoms with van der Waals surface area (Å²) in [4.78, 5) is 8.94. The highest BCUT2D eigenvalue weighted by Gasteiger charge is 2.13. The van der Waals surface area contributed by atoms with Gasteiger partial charge in [-0.1, -0.05) is 18.2 Å². The van der Waals surface area contributed by atoms with E-state index in [2.05, 4.69) is 10.9 Å². The molecule has 0 bridgehead atoms. The van der Waals surface area contributed by atoms with Crippen molar-refractivity contribution in [2.45, 2.75) is 13.8 Å². The van der Waals surface area contributed by atoms with Crippen LogP contribution in [-0.4, -0.2) is 34.7 Å². The lowest BCUT2D eigenvalue weighted by atomic mass is 10.3. The maximum atomic E-state index is 9.80. The molecule has 0 aliphatic rings. The summed E-state index contributed by atoms with van der Waals surface area (Å²) >= 11 is 0. The first-order valence-corrected chi connectivity index (χ1v) is 5.38. The average molecular weight is 242 g/mol. The van der Waals surface area contributed by atoms with Gasteiger partial charge in [-0.3, -0.25) is 15.6 Å². The van der Waals surface area contributed by atoms with Crippen LogP contribution in [-0.2, 0) is 4.79 Å². The Bertz CT molecular complexity index is 298. The molecule has 1 aromatic rings. The van der Waals surface area contributed by atoms with E-state index in [9.17, 15) is 4.79 Å². The third-order valence-corrected chi connectivity index (χ3v) is 2.06. The molecular weight excluding hydrogens is 222 g/mol. The third-order valence-electron chi connectivity index (χ3n) is 2.06. The fourth-order valence-corrected chi connectivity index (χ4v) is 0.858. The molecule has 1 aromatic carbocycles. The maximum Gasteiger partial charge on any atom is 0.225 e. The summed E-state index contributed by atoms with van der Waals surface area (Å²) in [7, 11) is 0. The molecular formula is C11H20N3O3+. The molecule has 0 saturated heterocycles. The monoisotopic (exact) mass is 242 g/mol. The number of amides is 1. The SMILES string of the molecule is CC[N+](O)(O)CC.O=CNNc1ccccc1. The van der Waals surface area contributed by atoms with Gasteiger partial charge in [0.25, 0.3) is 0 Å². The van der Waals surface area contributed by atoms with Gasteiger partial charge in [0.15, 0.2) is 0 Å². The van der Waals surface area contributed by atoms with Crippen LogP contribution in [0.5, 0.6) is 0 Å². The largest absolute Gasteiger partial charge is 0.299 e. The zero-order chi connectivity index (χ0) is 13.1. The minimum atomic E-state index is -0.861. The van der Waals surface area contributed by atoms with Crippen LogP contribution in [0.4, 0.5) is 5.69 Å². The number of nitrogens with one attached hydrogen (secondary N) is 2. The van der Waals surface area contributed by atoms with Crippen LogP contribution >= 0.6 is 0 Å². The Morgan fingerprint density at radius 3 is 2.06 bits per heavy atom. The minimum Gasteiger partial charge on any atom is -0.299 e. The third kappa shape index (κ3) is 8.21. The number of quaternary nitrogens is 1. The molecule has 1 amide bonds. The smallest absolute Gasteiger partial charge is 0.225 e. The molecule has 0 aromatic heterocycles. The highest BCUT2D eigenvalue weighted by Crippen LogP contribution is 2.01. The van der Waals surface area contributed by atoms with Crippen molar-refractivity contribution in [3.63, 3.8) is 0 Å². The van der Waals surface area contributed by atoms with Gasteiger partial charge in [0.1, 0.15) is 13.1 Å². The van der Waals surface area contributed by atoms with Gasteiger partial charge in [-0.15, -0.1) is 0 Å². The van der Waals surface area contributed by atoms with E-state index in [-0.39, 0.29) is 0 Å². The van der Waals surface area contributed by atoms with Crippen molar-refractivity contribution < 1.29 is 20.0 Å². The first-order valence-electron chi connectivity index (χ1n) is 5.38. The first-order chi connectivity index (χ1) is 8.05. The van der Waals surface area contributed by atoms with Gasteiger partial charge in [-0.2, -0.15) is 10.4 Å². The van der Waals surface area contributed by atoms with Crippen LogP contribution in [0.2, 0.25) is 0 Å². The van der Waals surface area contributed by atoms with Crippen molar-refractivity contribution >= 4 is 12.1 Å². The van der Waals surface area contributed by atoms with Gasteiger partial charge in [0.05, 0.1) is 5.69 Å². The molecule has 6 heteroatoms. The molecule has 1 rings (SSSR count). The fourth-order valence-electron chi connectivity index (χ4n) is 0.858. The predicted molar refractivity (Wildman–Crippen MR) is 64.2 cm³/mol. The summed E-state index contributed by atoms with van der Waals surface area (Å²) < 4.78 is 0. The maximum absolute atomic E-state index is 9.80. The predicted octanol–water partition coefficient (Wildman–Crippen LogP) is 1.38. The quantitative estimate of drug-likeness (QED) is 0.357. The highest BCUT2D eigenvalue weighted by molar-refractivity contribution is 5.52. The van der Waals surface area contributed by atoms with Crippen molar-refractivity contribution in [3.05, 3.63) is 30.3 Å². The van der Waals surface area contributed by atoms with Gasteiger partial charge in [-0.25, -0.2) is 0 Å². The van der Waals surface area contributed by atoms with Crippen molar-refractivity contribution in [2.75, 3.05) is 18.5 Å². The standard InChI is InChI=1S/C7H8N2O.C4H12NO2/c10-6-8-9-7-4-2-1-3-5-7;1-3-5(6,7)4-2/h1-6,9H,(H,8,10);6-7H,3-4H2,1-2H3/q;+1. The Hall–Kier alpha value is -1.63. The fraction of sp³-hybridized carbons (Fsp3) is 0.364. The molecule has 0 saturated carbocycles. The zero-order valence-corrected chi connectivity index (χ0v) is 10.1. The summed E-state index contributed by atoms with van der Waals surface area (Å²) in [6, 6.07) is 9.39. The van der Waals surface area contributed by atoms with Crippen LogP contribution in [0, 0.1) is 0 Å². The van der Waals surface area contributed by atoms with Gasteiger partial charge < -0.3 is 0 Å². The second kappa shape index (κ2) is 8.51. The number of benzene rings is 1. The van der Waals surface area contributed by atoms with Crippen LogP contribution in [0.15, 0.2) is 30.3 Å². The summed E-state index contributed by atoms with van der Waals surface area (Å²) in [5.74, 6) is 0. The van der Waals surface area contributed by atoms with Crippen LogP contribution in [0.1, 0.15) is 13.8 Å². The Morgan fingerprint density at radius 1 is 1.18 bits per heavy atom. The molecule has 0 spiro atoms. The molecule has 0 atom stereocenters. The van der Waals surface area contributed by atoms with Gasteiger partial charge in [-0.05, 0) is 30.8 Å². The van der Waals surface area contributed by atoms with E-state index in [0.29, 0.717) is 19.5 Å². The zero-order valence-electron chi connectivity index (χ0n) is 10.1. The van der Waals surface area contributed by atoms with E-state index in [4.69, 9.17) is 10.4 Å². The molecule has 6 nitrogen and oxygen atoms in total. The molecule has 0 aliphatic heterocycles. The summed E-state index contributed by atoms with van der Waals surface area (Å²) in [5.41, 5.74) is 5.88. The van der Waals surface area contributed by atoms with E-state index >= 15 is 0 Å². The van der Waals surface area contributed by atoms with E-state index < -0.39 is 4.81 Å². The molecule has 4 N–H and O–H groups in total. The lowest BCUT2D eigenvalue weighted by Gasteiger charge is -2.15. The number of carbonyl (C=O) groups excluding carboxylic acids is 1. The molecule has 0 heterocycles. The average Bonchev–Trinajstić information content (AvgIpc) is 2.38. The van der Waals surface area contributed by atoms with E-state index in [0.717, 1.165) is 5.69 Å². The number of hydrogen-bond donors (Lipinski definition) is 4. The second-order valence-electron chi connectivity index (χ2n) is 3.26. The van der Waals surface area contributed by atoms with Crippen molar-refractivity contribution in [2.24, 2.45) is 0 Å². The molecule has 0 radical (unpaired) electrons. The Morgan fingerprint density at radius 2 is 1.71 bits per heavy atom. The van der Waals surface area contributed by atoms with Crippen LogP contribution in [0.25, 0.3) is 0 Å². The first kappa shape index (κ1) is 15.4. The number of hydrazine groups is 1. The van der Waals surface area contributed by atoms with Crippen LogP contribution < -0.4 is 10.9 Å². The number of carbonyl (C=O) groups is 1. The van der Waals surface area contributed by atoms with Crippen molar-refractivity contribution in [3.8, 4) is 0 Å². The van der Waals surface area contributed by atoms with Crippen LogP contribution in [0.3, 0.4) is 0 Å². The lowest BCUT2D eigenvalue weighted by Crippen LogP contribution is -2.40. The number of anilines is 1. The minimum absolute atomic E-state index is 0.344. The normalized spacial score (nSPS) is 9.88. The highest BCUT2D eigenvalue weighted by atomic mass is 16.8. The molecule has 17 heavy (non-hydrogen) atoms. The number of hydroxylamine groups is 4. The number of nitrogens with zero attached hydrogens (tertiary/aromatic N) is 1. The van der Waals surface area contributed by atoms with Gasteiger partial charge in [0, 0.05) is 0 Å². The lowest BCUT2D eigenvalue weighted by molar-refractivity contribution is -1.24. The molecule has 0 fully saturated rings. The van der Waals surface area contributed by atoms with Gasteiger partial charge >= 0.3 is 0 Å². The van der Waals surface area contributed by atoms with Crippen molar-refractivity contribution in [1.82, 2.24) is 5.43 Å². The topological polar surface area (TPSA) is 81.6 Å². The van der Waals surface area contributed by atoms with Gasteiger partial charge in [0.2, 0.25) is 6.41 Å². The summed E-state index contributed by atoms with van der Waals surface area (Å²) in [6.07, 6.45) is 0.590. The number of para-hydroxylation sites is 1. The Kier molecular flexibility index (Phi) is 7.70. The molecule has 0 unspecified atom stereocenters. The number of hydrogen-bond acceptors (Lipinski definition) is 4. The van der Waals surface area contributed by atoms with Crippen molar-refractivity contribution in [1.29, 1.82) is 0 Å².